The van der Waals surface area contributed by atoms with Gasteiger partial charge < -0.3 is 5.32 Å². The topological polar surface area (TPSA) is 54.9 Å². The van der Waals surface area contributed by atoms with Gasteiger partial charge in [-0.25, -0.2) is 0 Å². The largest absolute Gasteiger partial charge is 0.348 e. The number of hydrogen-bond acceptors (Lipinski definition) is 3. The first-order valence-corrected chi connectivity index (χ1v) is 6.20. The summed E-state index contributed by atoms with van der Waals surface area (Å²) < 4.78 is 0. The SMILES string of the molecule is C#CCC(CC)NC(=O)c1cccc2nccnc12. The number of carbonyl (C=O) groups is 1. The lowest BCUT2D eigenvalue weighted by molar-refractivity contribution is 0.0938. The second kappa shape index (κ2) is 5.96. The number of nitrogens with one attached hydrogen (secondary N) is 1. The highest BCUT2D eigenvalue weighted by Crippen LogP contribution is 2.14. The minimum atomic E-state index is -0.159. The predicted octanol–water partition coefficient (Wildman–Crippen LogP) is 2.16. The van der Waals surface area contributed by atoms with Gasteiger partial charge >= 0.3 is 0 Å². The van der Waals surface area contributed by atoms with Crippen LogP contribution in [0.15, 0.2) is 30.6 Å². The monoisotopic (exact) mass is 253 g/mol. The third kappa shape index (κ3) is 2.89. The van der Waals surface area contributed by atoms with Gasteiger partial charge in [0.1, 0.15) is 5.52 Å². The third-order valence-electron chi connectivity index (χ3n) is 2.94. The number of nitrogens with zero attached hydrogens (tertiary/aromatic N) is 2. The Balaban J connectivity index is 2.29. The normalized spacial score (nSPS) is 11.8. The second-order valence-corrected chi connectivity index (χ2v) is 4.22. The third-order valence-corrected chi connectivity index (χ3v) is 2.94. The molecule has 1 amide bonds. The zero-order valence-corrected chi connectivity index (χ0v) is 10.8. The van der Waals surface area contributed by atoms with E-state index in [1.807, 2.05) is 13.0 Å². The average Bonchev–Trinajstić information content (AvgIpc) is 2.46. The molecule has 1 heterocycles. The van der Waals surface area contributed by atoms with Gasteiger partial charge in [0.15, 0.2) is 0 Å². The summed E-state index contributed by atoms with van der Waals surface area (Å²) in [6, 6.07) is 5.37. The van der Waals surface area contributed by atoms with Gasteiger partial charge in [-0.15, -0.1) is 12.3 Å². The maximum Gasteiger partial charge on any atom is 0.253 e. The van der Waals surface area contributed by atoms with Crippen LogP contribution in [-0.4, -0.2) is 21.9 Å². The molecule has 0 fully saturated rings. The van der Waals surface area contributed by atoms with Gasteiger partial charge in [0.05, 0.1) is 11.1 Å². The molecule has 0 aliphatic heterocycles. The molecule has 1 aromatic heterocycles. The molecule has 1 N–H and O–H groups in total. The average molecular weight is 253 g/mol. The Morgan fingerprint density at radius 3 is 2.95 bits per heavy atom. The number of rotatable bonds is 4. The number of fused-ring (bicyclic) bond motifs is 1. The van der Waals surface area contributed by atoms with Gasteiger partial charge in [-0.2, -0.15) is 0 Å². The molecule has 2 rings (SSSR count). The van der Waals surface area contributed by atoms with Crippen molar-refractivity contribution in [2.75, 3.05) is 0 Å². The summed E-state index contributed by atoms with van der Waals surface area (Å²) >= 11 is 0. The Hall–Kier alpha value is -2.41. The first kappa shape index (κ1) is 13.0. The summed E-state index contributed by atoms with van der Waals surface area (Å²) in [6.45, 7) is 1.99. The second-order valence-electron chi connectivity index (χ2n) is 4.22. The highest BCUT2D eigenvalue weighted by molar-refractivity contribution is 6.04. The lowest BCUT2D eigenvalue weighted by Gasteiger charge is -2.14. The molecule has 0 saturated carbocycles. The molecule has 1 atom stereocenters. The predicted molar refractivity (Wildman–Crippen MR) is 74.5 cm³/mol. The summed E-state index contributed by atoms with van der Waals surface area (Å²) in [5, 5.41) is 2.93. The number of para-hydroxylation sites is 1. The van der Waals surface area contributed by atoms with Crippen LogP contribution in [0.25, 0.3) is 11.0 Å². The summed E-state index contributed by atoms with van der Waals surface area (Å²) in [7, 11) is 0. The highest BCUT2D eigenvalue weighted by Gasteiger charge is 2.14. The van der Waals surface area contributed by atoms with Crippen LogP contribution in [0.2, 0.25) is 0 Å². The standard InChI is InChI=1S/C15H15N3O/c1-3-6-11(4-2)18-15(19)12-7-5-8-13-14(12)17-10-9-16-13/h1,5,7-11H,4,6H2,2H3,(H,18,19). The molecule has 1 aromatic carbocycles. The minimum Gasteiger partial charge on any atom is -0.348 e. The quantitative estimate of drug-likeness (QED) is 0.849. The molecule has 96 valence electrons. The minimum absolute atomic E-state index is 0.00979. The van der Waals surface area contributed by atoms with E-state index >= 15 is 0 Å². The van der Waals surface area contributed by atoms with Crippen LogP contribution in [0.5, 0.6) is 0 Å². The molecule has 0 radical (unpaired) electrons. The number of aromatic nitrogens is 2. The van der Waals surface area contributed by atoms with E-state index < -0.39 is 0 Å². The lowest BCUT2D eigenvalue weighted by Crippen LogP contribution is -2.34. The number of amides is 1. The molecule has 0 spiro atoms. The highest BCUT2D eigenvalue weighted by atomic mass is 16.1. The lowest BCUT2D eigenvalue weighted by atomic mass is 10.1. The van der Waals surface area contributed by atoms with Crippen molar-refractivity contribution in [1.82, 2.24) is 15.3 Å². The van der Waals surface area contributed by atoms with Crippen LogP contribution < -0.4 is 5.32 Å². The zero-order chi connectivity index (χ0) is 13.7. The Bertz CT molecular complexity index is 625. The maximum atomic E-state index is 12.3. The van der Waals surface area contributed by atoms with Crippen molar-refractivity contribution < 1.29 is 4.79 Å². The Kier molecular flexibility index (Phi) is 4.09. The zero-order valence-electron chi connectivity index (χ0n) is 10.8. The fourth-order valence-corrected chi connectivity index (χ4v) is 1.88. The molecule has 0 bridgehead atoms. The molecule has 4 heteroatoms. The number of benzene rings is 1. The van der Waals surface area contributed by atoms with Crippen molar-refractivity contribution in [3.05, 3.63) is 36.2 Å². The van der Waals surface area contributed by atoms with Gasteiger partial charge in [-0.05, 0) is 18.6 Å². The molecular weight excluding hydrogens is 238 g/mol. The Morgan fingerprint density at radius 2 is 2.21 bits per heavy atom. The fourth-order valence-electron chi connectivity index (χ4n) is 1.88. The molecule has 2 aromatic rings. The molecule has 1 unspecified atom stereocenters. The first-order chi connectivity index (χ1) is 9.26. The molecule has 0 aliphatic carbocycles. The summed E-state index contributed by atoms with van der Waals surface area (Å²) in [5.41, 5.74) is 1.85. The molecule has 0 saturated heterocycles. The summed E-state index contributed by atoms with van der Waals surface area (Å²) in [4.78, 5) is 20.7. The van der Waals surface area contributed by atoms with Crippen LogP contribution in [0.4, 0.5) is 0 Å². The van der Waals surface area contributed by atoms with Crippen LogP contribution >= 0.6 is 0 Å². The Morgan fingerprint density at radius 1 is 1.42 bits per heavy atom. The van der Waals surface area contributed by atoms with Gasteiger partial charge in [-0.3, -0.25) is 14.8 Å². The summed E-state index contributed by atoms with van der Waals surface area (Å²) in [6.07, 6.45) is 9.80. The summed E-state index contributed by atoms with van der Waals surface area (Å²) in [5.74, 6) is 2.41. The van der Waals surface area contributed by atoms with Crippen LogP contribution in [0.1, 0.15) is 30.1 Å². The number of hydrogen-bond donors (Lipinski definition) is 1. The van der Waals surface area contributed by atoms with Crippen LogP contribution in [0, 0.1) is 12.3 Å². The van der Waals surface area contributed by atoms with Crippen molar-refractivity contribution in [2.45, 2.75) is 25.8 Å². The fraction of sp³-hybridized carbons (Fsp3) is 0.267. The van der Waals surface area contributed by atoms with E-state index in [2.05, 4.69) is 21.2 Å². The van der Waals surface area contributed by atoms with E-state index in [1.54, 1.807) is 24.5 Å². The Labute approximate surface area is 112 Å². The van der Waals surface area contributed by atoms with E-state index in [9.17, 15) is 4.79 Å². The molecule has 19 heavy (non-hydrogen) atoms. The number of carbonyl (C=O) groups excluding carboxylic acids is 1. The smallest absolute Gasteiger partial charge is 0.253 e. The van der Waals surface area contributed by atoms with E-state index in [-0.39, 0.29) is 11.9 Å². The van der Waals surface area contributed by atoms with Gasteiger partial charge in [0, 0.05) is 24.9 Å². The van der Waals surface area contributed by atoms with E-state index in [0.29, 0.717) is 23.0 Å². The van der Waals surface area contributed by atoms with Crippen molar-refractivity contribution >= 4 is 16.9 Å². The van der Waals surface area contributed by atoms with Crippen LogP contribution in [-0.2, 0) is 0 Å². The van der Waals surface area contributed by atoms with Crippen molar-refractivity contribution in [2.24, 2.45) is 0 Å². The van der Waals surface area contributed by atoms with Crippen molar-refractivity contribution in [3.63, 3.8) is 0 Å². The maximum absolute atomic E-state index is 12.3. The molecule has 4 nitrogen and oxygen atoms in total. The van der Waals surface area contributed by atoms with Gasteiger partial charge in [-0.1, -0.05) is 13.0 Å². The molecule has 0 aliphatic rings. The van der Waals surface area contributed by atoms with E-state index in [1.165, 1.54) is 0 Å². The molecular formula is C15H15N3O. The van der Waals surface area contributed by atoms with Gasteiger partial charge in [0.2, 0.25) is 0 Å². The van der Waals surface area contributed by atoms with E-state index in [4.69, 9.17) is 6.42 Å². The van der Waals surface area contributed by atoms with Crippen molar-refractivity contribution in [3.8, 4) is 12.3 Å². The van der Waals surface area contributed by atoms with Crippen molar-refractivity contribution in [1.29, 1.82) is 0 Å². The number of terminal acetylenes is 1. The van der Waals surface area contributed by atoms with Gasteiger partial charge in [0.25, 0.3) is 5.91 Å². The van der Waals surface area contributed by atoms with E-state index in [0.717, 1.165) is 6.42 Å². The first-order valence-electron chi connectivity index (χ1n) is 6.20. The van der Waals surface area contributed by atoms with Crippen LogP contribution in [0.3, 0.4) is 0 Å².